The van der Waals surface area contributed by atoms with Crippen LogP contribution >= 0.6 is 11.8 Å². The fourth-order valence-corrected chi connectivity index (χ4v) is 3.52. The minimum Gasteiger partial charge on any atom is -0.325 e. The van der Waals surface area contributed by atoms with Crippen molar-refractivity contribution in [1.29, 1.82) is 5.26 Å². The van der Waals surface area contributed by atoms with Gasteiger partial charge in [0.05, 0.1) is 11.5 Å². The lowest BCUT2D eigenvalue weighted by atomic mass is 9.64. The number of hydrogen-bond acceptors (Lipinski definition) is 3. The highest BCUT2D eigenvalue weighted by Gasteiger charge is 2.45. The largest absolute Gasteiger partial charge is 0.325 e. The fourth-order valence-electron chi connectivity index (χ4n) is 2.94. The number of hydrogen-bond donors (Lipinski definition) is 1. The molecule has 1 aliphatic rings. The topological polar surface area (TPSA) is 52.9 Å². The molecule has 2 aromatic carbocycles. The van der Waals surface area contributed by atoms with Crippen molar-refractivity contribution in [2.45, 2.75) is 29.6 Å². The third-order valence-electron chi connectivity index (χ3n) is 4.43. The van der Waals surface area contributed by atoms with Gasteiger partial charge in [0, 0.05) is 16.7 Å². The van der Waals surface area contributed by atoms with Crippen LogP contribution in [-0.4, -0.2) is 5.91 Å². The molecule has 0 radical (unpaired) electrons. The molecule has 1 N–H and O–H groups in total. The Morgan fingerprint density at radius 3 is 2.42 bits per heavy atom. The van der Waals surface area contributed by atoms with Gasteiger partial charge in [0.15, 0.2) is 0 Å². The van der Waals surface area contributed by atoms with Gasteiger partial charge in [-0.2, -0.15) is 5.26 Å². The fraction of sp³-hybridized carbons (Fsp3) is 0.200. The Morgan fingerprint density at radius 1 is 1.12 bits per heavy atom. The average Bonchev–Trinajstić information content (AvgIpc) is 2.56. The number of para-hydroxylation sites is 1. The van der Waals surface area contributed by atoms with E-state index in [1.54, 1.807) is 5.41 Å². The van der Waals surface area contributed by atoms with Gasteiger partial charge in [0.2, 0.25) is 5.91 Å². The van der Waals surface area contributed by atoms with E-state index >= 15 is 0 Å². The quantitative estimate of drug-likeness (QED) is 0.626. The molecular formula is C20H18N2OS. The number of nitrogens with zero attached hydrogens (tertiary/aromatic N) is 1. The summed E-state index contributed by atoms with van der Waals surface area (Å²) in [5.74, 6) is 0.0738. The number of benzene rings is 2. The summed E-state index contributed by atoms with van der Waals surface area (Å²) in [4.78, 5) is 13.9. The van der Waals surface area contributed by atoms with Crippen LogP contribution in [0.15, 0.2) is 71.0 Å². The molecule has 0 saturated heterocycles. The van der Waals surface area contributed by atoms with Crippen LogP contribution in [0.1, 0.15) is 24.8 Å². The number of nitriles is 1. The van der Waals surface area contributed by atoms with Crippen molar-refractivity contribution in [3.8, 4) is 6.07 Å². The zero-order chi connectivity index (χ0) is 16.8. The van der Waals surface area contributed by atoms with E-state index in [9.17, 15) is 4.79 Å². The summed E-state index contributed by atoms with van der Waals surface area (Å²) in [6, 6.07) is 19.7. The van der Waals surface area contributed by atoms with Crippen LogP contribution in [-0.2, 0) is 10.2 Å². The van der Waals surface area contributed by atoms with Crippen molar-refractivity contribution < 1.29 is 4.79 Å². The number of amides is 1. The molecule has 1 saturated carbocycles. The van der Waals surface area contributed by atoms with Crippen LogP contribution < -0.4 is 5.32 Å². The summed E-state index contributed by atoms with van der Waals surface area (Å²) >= 11 is 1.50. The van der Waals surface area contributed by atoms with Gasteiger partial charge in [0.25, 0.3) is 0 Å². The Balaban J connectivity index is 1.76. The van der Waals surface area contributed by atoms with Crippen molar-refractivity contribution in [2.75, 3.05) is 5.32 Å². The van der Waals surface area contributed by atoms with E-state index < -0.39 is 5.41 Å². The maximum absolute atomic E-state index is 12.8. The third kappa shape index (κ3) is 3.37. The van der Waals surface area contributed by atoms with Gasteiger partial charge >= 0.3 is 0 Å². The maximum Gasteiger partial charge on any atom is 0.235 e. The number of anilines is 1. The molecule has 0 aromatic heterocycles. The molecule has 1 aliphatic carbocycles. The van der Waals surface area contributed by atoms with E-state index in [4.69, 9.17) is 5.26 Å². The summed E-state index contributed by atoms with van der Waals surface area (Å²) in [5, 5.41) is 13.3. The van der Waals surface area contributed by atoms with Gasteiger partial charge in [-0.05, 0) is 48.1 Å². The lowest BCUT2D eigenvalue weighted by molar-refractivity contribution is -0.124. The summed E-state index contributed by atoms with van der Waals surface area (Å²) in [6.07, 6.45) is 4.29. The van der Waals surface area contributed by atoms with Gasteiger partial charge in [-0.25, -0.2) is 0 Å². The molecule has 0 unspecified atom stereocenters. The highest BCUT2D eigenvalue weighted by molar-refractivity contribution is 8.02. The second kappa shape index (κ2) is 7.37. The van der Waals surface area contributed by atoms with Crippen molar-refractivity contribution in [1.82, 2.24) is 0 Å². The molecule has 0 heterocycles. The van der Waals surface area contributed by atoms with Gasteiger partial charge in [-0.3, -0.25) is 4.79 Å². The summed E-state index contributed by atoms with van der Waals surface area (Å²) in [5.41, 5.74) is 1.49. The molecule has 24 heavy (non-hydrogen) atoms. The molecule has 0 aliphatic heterocycles. The monoisotopic (exact) mass is 334 g/mol. The predicted octanol–water partition coefficient (Wildman–Crippen LogP) is 4.88. The smallest absolute Gasteiger partial charge is 0.235 e. The summed E-state index contributed by atoms with van der Waals surface area (Å²) < 4.78 is 0. The molecule has 3 nitrogen and oxygen atoms in total. The first-order valence-corrected chi connectivity index (χ1v) is 8.81. The molecule has 4 heteroatoms. The minimum absolute atomic E-state index is 0.0738. The zero-order valence-electron chi connectivity index (χ0n) is 13.2. The summed E-state index contributed by atoms with van der Waals surface area (Å²) in [7, 11) is 0. The van der Waals surface area contributed by atoms with Crippen molar-refractivity contribution in [3.05, 3.63) is 71.6 Å². The van der Waals surface area contributed by atoms with Crippen LogP contribution in [0.2, 0.25) is 0 Å². The van der Waals surface area contributed by atoms with Crippen LogP contribution in [0, 0.1) is 11.3 Å². The molecule has 2 aromatic rings. The van der Waals surface area contributed by atoms with E-state index in [-0.39, 0.29) is 5.91 Å². The number of allylic oxidation sites excluding steroid dienone is 1. The van der Waals surface area contributed by atoms with Gasteiger partial charge in [-0.1, -0.05) is 48.5 Å². The SMILES string of the molecule is N#CC=CSc1ccc(C2(C(=O)Nc3ccccc3)CCC2)cc1. The Kier molecular flexibility index (Phi) is 5.02. The lowest BCUT2D eigenvalue weighted by Crippen LogP contribution is -2.45. The van der Waals surface area contributed by atoms with Crippen LogP contribution in [0.3, 0.4) is 0 Å². The molecule has 1 amide bonds. The first kappa shape index (κ1) is 16.4. The van der Waals surface area contributed by atoms with Crippen molar-refractivity contribution in [3.63, 3.8) is 0 Å². The van der Waals surface area contributed by atoms with E-state index in [2.05, 4.69) is 5.32 Å². The first-order valence-electron chi connectivity index (χ1n) is 7.93. The molecule has 3 rings (SSSR count). The average molecular weight is 334 g/mol. The number of carbonyl (C=O) groups is 1. The Bertz CT molecular complexity index is 772. The van der Waals surface area contributed by atoms with Crippen LogP contribution in [0.4, 0.5) is 5.69 Å². The highest BCUT2D eigenvalue weighted by atomic mass is 32.2. The standard InChI is InChI=1S/C20H18N2OS/c21-14-5-15-24-18-10-8-16(9-11-18)20(12-4-13-20)19(23)22-17-6-2-1-3-7-17/h1-3,5-11,15H,4,12-13H2,(H,22,23). The van der Waals surface area contributed by atoms with Gasteiger partial charge in [-0.15, -0.1) is 0 Å². The first-order chi connectivity index (χ1) is 11.7. The normalized spacial score (nSPS) is 15.5. The Hall–Kier alpha value is -2.51. The molecule has 1 fully saturated rings. The lowest BCUT2D eigenvalue weighted by Gasteiger charge is -2.40. The number of carbonyl (C=O) groups excluding carboxylic acids is 1. The molecular weight excluding hydrogens is 316 g/mol. The molecule has 0 spiro atoms. The molecule has 120 valence electrons. The van der Waals surface area contributed by atoms with Crippen LogP contribution in [0.5, 0.6) is 0 Å². The van der Waals surface area contributed by atoms with Gasteiger partial charge < -0.3 is 5.32 Å². The van der Waals surface area contributed by atoms with Crippen molar-refractivity contribution in [2.24, 2.45) is 0 Å². The van der Waals surface area contributed by atoms with Crippen LogP contribution in [0.25, 0.3) is 0 Å². The van der Waals surface area contributed by atoms with E-state index in [0.29, 0.717) is 0 Å². The highest BCUT2D eigenvalue weighted by Crippen LogP contribution is 2.45. The Morgan fingerprint density at radius 2 is 1.83 bits per heavy atom. The molecule has 0 bridgehead atoms. The molecule has 0 atom stereocenters. The zero-order valence-corrected chi connectivity index (χ0v) is 14.1. The van der Waals surface area contributed by atoms with Crippen molar-refractivity contribution >= 4 is 23.4 Å². The Labute approximate surface area is 146 Å². The second-order valence-corrected chi connectivity index (χ2v) is 6.81. The minimum atomic E-state index is -0.415. The van der Waals surface area contributed by atoms with E-state index in [0.717, 1.165) is 35.4 Å². The van der Waals surface area contributed by atoms with E-state index in [1.165, 1.54) is 17.8 Å². The second-order valence-electron chi connectivity index (χ2n) is 5.83. The maximum atomic E-state index is 12.8. The predicted molar refractivity (Wildman–Crippen MR) is 97.7 cm³/mol. The third-order valence-corrected chi connectivity index (χ3v) is 5.24. The number of nitrogens with one attached hydrogen (secondary N) is 1. The van der Waals surface area contributed by atoms with E-state index in [1.807, 2.05) is 60.7 Å². The summed E-state index contributed by atoms with van der Waals surface area (Å²) in [6.45, 7) is 0. The number of rotatable bonds is 5. The number of thioether (sulfide) groups is 1. The van der Waals surface area contributed by atoms with Gasteiger partial charge in [0.1, 0.15) is 0 Å².